The number of thiol groups is 1. The van der Waals surface area contributed by atoms with E-state index >= 15 is 4.39 Å². The Morgan fingerprint density at radius 3 is 2.31 bits per heavy atom. The molecular weight excluding hydrogens is 783 g/mol. The monoisotopic (exact) mass is 821 g/mol. The molecule has 3 aliphatic rings. The molecule has 14 nitrogen and oxygen atoms in total. The summed E-state index contributed by atoms with van der Waals surface area (Å²) in [7, 11) is 0. The first-order valence-electron chi connectivity index (χ1n) is 18.2. The number of hydrogen-bond donors (Lipinski definition) is 4. The first-order valence-corrected chi connectivity index (χ1v) is 18.7. The van der Waals surface area contributed by atoms with E-state index in [1.165, 1.54) is 41.3 Å². The van der Waals surface area contributed by atoms with E-state index in [1.807, 2.05) is 11.0 Å². The number of piperidine rings is 1. The molecule has 0 bridgehead atoms. The number of nitrogens with one attached hydrogen (secondary N) is 3. The Bertz CT molecular complexity index is 2200. The van der Waals surface area contributed by atoms with Crippen molar-refractivity contribution in [3.63, 3.8) is 0 Å². The van der Waals surface area contributed by atoms with Gasteiger partial charge in [-0.05, 0) is 68.8 Å². The number of nitriles is 2. The zero-order valence-corrected chi connectivity index (χ0v) is 32.3. The maximum Gasteiger partial charge on any atom is 0.417 e. The number of anilines is 4. The van der Waals surface area contributed by atoms with Crippen molar-refractivity contribution in [2.45, 2.75) is 49.9 Å². The third-order valence-electron chi connectivity index (χ3n) is 10.1. The molecule has 0 radical (unpaired) electrons. The number of amides is 4. The Balaban J connectivity index is 0.988. The highest BCUT2D eigenvalue weighted by Gasteiger charge is 2.52. The molecule has 58 heavy (non-hydrogen) atoms. The van der Waals surface area contributed by atoms with Crippen LogP contribution in [0.5, 0.6) is 5.75 Å². The molecule has 4 amide bonds. The second-order valence-corrected chi connectivity index (χ2v) is 14.9. The summed E-state index contributed by atoms with van der Waals surface area (Å²) in [5.74, 6) is -2.42. The van der Waals surface area contributed by atoms with E-state index in [0.29, 0.717) is 50.5 Å². The van der Waals surface area contributed by atoms with Crippen molar-refractivity contribution in [1.82, 2.24) is 15.1 Å². The topological polar surface area (TPSA) is 174 Å². The normalized spacial score (nSPS) is 20.0. The van der Waals surface area contributed by atoms with Gasteiger partial charge in [-0.2, -0.15) is 23.7 Å². The van der Waals surface area contributed by atoms with Gasteiger partial charge in [0, 0.05) is 68.0 Å². The second kappa shape index (κ2) is 16.9. The average molecular weight is 822 g/mol. The standard InChI is InChI=1S/C39H39F4N9O5S/c1-38(2)36(56)51(27-4-3-24(21-45)29(18-27)39(41,42)43)37(58)52(38)28-5-7-32(30(40)19-28)57-14-13-49-9-11-50(12-10-49)22-34(54)47-26-16-23(20-44)15-25(17-26)46-31-6-8-33(53)48-35(31)55/h3-5,7,15-19,31,37,46,58H,6,8-14,22H2,1-2H3,(H,47,54)(H,48,53,55). The van der Waals surface area contributed by atoms with Crippen LogP contribution in [0, 0.1) is 28.5 Å². The fourth-order valence-electron chi connectivity index (χ4n) is 7.12. The minimum absolute atomic E-state index is 0.0344. The van der Waals surface area contributed by atoms with E-state index in [2.05, 4.69) is 33.5 Å². The number of imide groups is 1. The van der Waals surface area contributed by atoms with Gasteiger partial charge in [-0.3, -0.25) is 39.2 Å². The first-order chi connectivity index (χ1) is 27.5. The molecular formula is C39H39F4N9O5S. The van der Waals surface area contributed by atoms with Crippen molar-refractivity contribution in [2.24, 2.45) is 0 Å². The predicted molar refractivity (Wildman–Crippen MR) is 207 cm³/mol. The zero-order chi connectivity index (χ0) is 41.9. The molecule has 0 spiro atoms. The molecule has 0 aromatic heterocycles. The van der Waals surface area contributed by atoms with Crippen molar-refractivity contribution in [2.75, 3.05) is 66.3 Å². The van der Waals surface area contributed by atoms with Gasteiger partial charge in [0.2, 0.25) is 17.7 Å². The Kier molecular flexibility index (Phi) is 12.2. The van der Waals surface area contributed by atoms with Gasteiger partial charge in [-0.25, -0.2) is 4.39 Å². The van der Waals surface area contributed by atoms with Gasteiger partial charge < -0.3 is 20.3 Å². The summed E-state index contributed by atoms with van der Waals surface area (Å²) in [5, 5.41) is 26.8. The number of nitrogens with zero attached hydrogens (tertiary/aromatic N) is 6. The van der Waals surface area contributed by atoms with Crippen LogP contribution in [0.1, 0.15) is 43.4 Å². The Morgan fingerprint density at radius 2 is 1.66 bits per heavy atom. The Labute approximate surface area is 336 Å². The average Bonchev–Trinajstić information content (AvgIpc) is 3.35. The third-order valence-corrected chi connectivity index (χ3v) is 10.6. The van der Waals surface area contributed by atoms with Crippen LogP contribution in [0.25, 0.3) is 0 Å². The SMILES string of the molecule is CC1(C)C(=O)N(c2ccc(C#N)c(C(F)(F)F)c2)C(S)N1c1ccc(OCCN2CCN(CC(=O)Nc3cc(C#N)cc(NC4CCC(=O)NC4=O)c3)CC2)c(F)c1. The molecule has 0 saturated carbocycles. The van der Waals surface area contributed by atoms with Gasteiger partial charge >= 0.3 is 6.18 Å². The summed E-state index contributed by atoms with van der Waals surface area (Å²) in [6.07, 6.45) is -4.34. The van der Waals surface area contributed by atoms with Gasteiger partial charge in [0.25, 0.3) is 5.91 Å². The van der Waals surface area contributed by atoms with E-state index in [-0.39, 0.29) is 54.1 Å². The van der Waals surface area contributed by atoms with Gasteiger partial charge in [-0.1, -0.05) is 0 Å². The number of alkyl halides is 3. The highest BCUT2D eigenvalue weighted by molar-refractivity contribution is 7.81. The molecule has 3 saturated heterocycles. The molecule has 2 unspecified atom stereocenters. The first kappa shape index (κ1) is 41.7. The van der Waals surface area contributed by atoms with Crippen molar-refractivity contribution < 1.29 is 41.5 Å². The van der Waals surface area contributed by atoms with Crippen molar-refractivity contribution in [1.29, 1.82) is 10.5 Å². The Hall–Kier alpha value is -5.89. The maximum atomic E-state index is 15.4. The van der Waals surface area contributed by atoms with Crippen LogP contribution in [-0.4, -0.2) is 96.4 Å². The van der Waals surface area contributed by atoms with Crippen LogP contribution >= 0.6 is 12.6 Å². The smallest absolute Gasteiger partial charge is 0.417 e. The van der Waals surface area contributed by atoms with E-state index < -0.39 is 52.0 Å². The molecule has 304 valence electrons. The zero-order valence-electron chi connectivity index (χ0n) is 31.4. The molecule has 3 aromatic carbocycles. The molecule has 19 heteroatoms. The fraction of sp³-hybridized carbons (Fsp3) is 0.385. The number of piperazine rings is 1. The van der Waals surface area contributed by atoms with Crippen LogP contribution < -0.4 is 30.5 Å². The van der Waals surface area contributed by atoms with E-state index in [0.717, 1.165) is 17.0 Å². The predicted octanol–water partition coefficient (Wildman–Crippen LogP) is 4.29. The van der Waals surface area contributed by atoms with E-state index in [1.54, 1.807) is 26.0 Å². The molecule has 3 fully saturated rings. The lowest BCUT2D eigenvalue weighted by atomic mass is 10.0. The highest BCUT2D eigenvalue weighted by atomic mass is 32.1. The van der Waals surface area contributed by atoms with E-state index in [4.69, 9.17) is 4.74 Å². The van der Waals surface area contributed by atoms with Crippen LogP contribution in [0.15, 0.2) is 54.6 Å². The fourth-order valence-corrected chi connectivity index (χ4v) is 7.78. The minimum atomic E-state index is -4.83. The number of rotatable bonds is 11. The number of carbonyl (C=O) groups is 4. The quantitative estimate of drug-likeness (QED) is 0.124. The number of hydrogen-bond acceptors (Lipinski definition) is 12. The van der Waals surface area contributed by atoms with Crippen molar-refractivity contribution >= 4 is 59.0 Å². The van der Waals surface area contributed by atoms with Crippen LogP contribution in [0.3, 0.4) is 0 Å². The summed E-state index contributed by atoms with van der Waals surface area (Å²) in [6.45, 7) is 6.20. The van der Waals surface area contributed by atoms with Gasteiger partial charge in [0.05, 0.1) is 35.4 Å². The van der Waals surface area contributed by atoms with Gasteiger partial charge in [0.1, 0.15) is 18.2 Å². The highest BCUT2D eigenvalue weighted by Crippen LogP contribution is 2.43. The lowest BCUT2D eigenvalue weighted by molar-refractivity contribution is -0.138. The van der Waals surface area contributed by atoms with Crippen LogP contribution in [-0.2, 0) is 25.4 Å². The molecule has 3 heterocycles. The molecule has 2 atom stereocenters. The molecule has 6 rings (SSSR count). The van der Waals surface area contributed by atoms with Gasteiger partial charge in [-0.15, -0.1) is 12.6 Å². The molecule has 0 aliphatic carbocycles. The summed E-state index contributed by atoms with van der Waals surface area (Å²) < 4.78 is 62.3. The number of benzene rings is 3. The lowest BCUT2D eigenvalue weighted by Gasteiger charge is -2.34. The summed E-state index contributed by atoms with van der Waals surface area (Å²) in [5.41, 5.74) is -2.97. The second-order valence-electron chi connectivity index (χ2n) is 14.5. The lowest BCUT2D eigenvalue weighted by Crippen LogP contribution is -2.49. The van der Waals surface area contributed by atoms with Crippen LogP contribution in [0.2, 0.25) is 0 Å². The summed E-state index contributed by atoms with van der Waals surface area (Å²) in [4.78, 5) is 56.8. The number of halogens is 4. The van der Waals surface area contributed by atoms with E-state index in [9.17, 15) is 42.9 Å². The maximum absolute atomic E-state index is 15.4. The number of carbonyl (C=O) groups excluding carboxylic acids is 4. The molecule has 3 aliphatic heterocycles. The van der Waals surface area contributed by atoms with Gasteiger partial charge in [0.15, 0.2) is 17.1 Å². The minimum Gasteiger partial charge on any atom is -0.489 e. The summed E-state index contributed by atoms with van der Waals surface area (Å²) in [6, 6.07) is 14.7. The Morgan fingerprint density at radius 1 is 0.966 bits per heavy atom. The van der Waals surface area contributed by atoms with Crippen LogP contribution in [0.4, 0.5) is 40.3 Å². The largest absolute Gasteiger partial charge is 0.489 e. The van der Waals surface area contributed by atoms with Crippen molar-refractivity contribution in [3.05, 3.63) is 77.1 Å². The third kappa shape index (κ3) is 9.12. The van der Waals surface area contributed by atoms with Crippen molar-refractivity contribution in [3.8, 4) is 17.9 Å². The molecule has 3 aromatic rings. The number of ether oxygens (including phenoxy) is 1. The summed E-state index contributed by atoms with van der Waals surface area (Å²) >= 11 is 4.56. The molecule has 3 N–H and O–H groups in total.